The van der Waals surface area contributed by atoms with Gasteiger partial charge < -0.3 is 24.0 Å². The van der Waals surface area contributed by atoms with Gasteiger partial charge in [-0.25, -0.2) is 0 Å². The second-order valence-electron chi connectivity index (χ2n) is 3.79. The molecule has 3 nitrogen and oxygen atoms in total. The van der Waals surface area contributed by atoms with Crippen LogP contribution in [0.25, 0.3) is 21.8 Å². The van der Waals surface area contributed by atoms with Crippen LogP contribution in [-0.4, -0.2) is 9.90 Å². The molecule has 1 heterocycles. The van der Waals surface area contributed by atoms with E-state index in [0.717, 1.165) is 5.52 Å². The maximum absolute atomic E-state index is 4.37. The molecule has 1 aromatic heterocycles. The average molecular weight is 325 g/mol. The Bertz CT molecular complexity index is 658. The third kappa shape index (κ3) is 1.48. The molecule has 0 N–H and O–H groups in total. The van der Waals surface area contributed by atoms with Crippen LogP contribution in [-0.2, 0) is 14.1 Å². The van der Waals surface area contributed by atoms with Crippen LogP contribution in [0, 0.1) is 0 Å². The molecule has 0 unspecified atom stereocenters. The van der Waals surface area contributed by atoms with Crippen molar-refractivity contribution in [1.82, 2.24) is 9.90 Å². The van der Waals surface area contributed by atoms with E-state index in [1.54, 1.807) is 0 Å². The number of hydrogen-bond donors (Lipinski definition) is 0. The Balaban J connectivity index is 0.000000963. The first kappa shape index (κ1) is 11.3. The Morgan fingerprint density at radius 2 is 1.88 bits per heavy atom. The lowest BCUT2D eigenvalue weighted by atomic mass is 10.1. The van der Waals surface area contributed by atoms with Crippen molar-refractivity contribution < 1.29 is 28.7 Å². The van der Waals surface area contributed by atoms with Crippen LogP contribution >= 0.6 is 0 Å². The van der Waals surface area contributed by atoms with Crippen LogP contribution in [0.2, 0.25) is 0 Å². The van der Waals surface area contributed by atoms with E-state index in [1.165, 1.54) is 16.3 Å². The highest BCUT2D eigenvalue weighted by molar-refractivity contribution is 6.02. The van der Waals surface area contributed by atoms with Crippen LogP contribution in [0.3, 0.4) is 0 Å². The fraction of sp³-hybridized carbons (Fsp3) is 0.167. The molecule has 0 aliphatic heterocycles. The number of fused-ring (bicyclic) bond motifs is 3. The molecule has 0 radical (unpaired) electrons. The van der Waals surface area contributed by atoms with Gasteiger partial charge >= 0.3 is 0 Å². The number of benzene rings is 2. The minimum absolute atomic E-state index is 0. The normalized spacial score (nSPS) is 10.6. The van der Waals surface area contributed by atoms with Crippen LogP contribution in [0.5, 0.6) is 0 Å². The summed E-state index contributed by atoms with van der Waals surface area (Å²) in [4.78, 5) is 0. The van der Waals surface area contributed by atoms with Gasteiger partial charge in [0.25, 0.3) is 0 Å². The van der Waals surface area contributed by atoms with Crippen molar-refractivity contribution in [2.75, 3.05) is 0 Å². The Kier molecular flexibility index (Phi) is 2.84. The molecule has 0 spiro atoms. The van der Waals surface area contributed by atoms with E-state index in [4.69, 9.17) is 0 Å². The number of nitrogens with zero attached hydrogens (tertiary/aromatic N) is 3. The fourth-order valence-electron chi connectivity index (χ4n) is 2.14. The zero-order valence-electron chi connectivity index (χ0n) is 9.18. The molecule has 2 aromatic carbocycles. The van der Waals surface area contributed by atoms with E-state index in [9.17, 15) is 0 Å². The molecule has 0 bridgehead atoms. The largest absolute Gasteiger partial charge is 1.00 e. The minimum Gasteiger partial charge on any atom is -1.00 e. The van der Waals surface area contributed by atoms with E-state index >= 15 is 0 Å². The Hall–Kier alpha value is -1.17. The number of aryl methyl sites for hydroxylation is 2. The lowest BCUT2D eigenvalue weighted by Crippen LogP contribution is -3.00. The zero-order valence-corrected chi connectivity index (χ0v) is 11.3. The monoisotopic (exact) mass is 325 g/mol. The zero-order chi connectivity index (χ0) is 10.4. The van der Waals surface area contributed by atoms with Crippen molar-refractivity contribution in [3.8, 4) is 0 Å². The molecule has 0 saturated heterocycles. The Morgan fingerprint density at radius 3 is 2.69 bits per heavy atom. The fourth-order valence-corrected chi connectivity index (χ4v) is 2.14. The molecule has 4 heteroatoms. The van der Waals surface area contributed by atoms with Gasteiger partial charge in [-0.1, -0.05) is 18.2 Å². The third-order valence-electron chi connectivity index (χ3n) is 2.82. The quantitative estimate of drug-likeness (QED) is 0.366. The average Bonchev–Trinajstić information content (AvgIpc) is 2.55. The summed E-state index contributed by atoms with van der Waals surface area (Å²) in [6.07, 6.45) is 0. The van der Waals surface area contributed by atoms with E-state index in [2.05, 4.69) is 41.6 Å². The van der Waals surface area contributed by atoms with Crippen molar-refractivity contribution in [2.24, 2.45) is 14.1 Å². The van der Waals surface area contributed by atoms with Gasteiger partial charge in [0.15, 0.2) is 5.52 Å². The maximum Gasteiger partial charge on any atom is 0.205 e. The molecule has 0 fully saturated rings. The summed E-state index contributed by atoms with van der Waals surface area (Å²) >= 11 is 0. The number of halogens is 1. The molecule has 3 rings (SSSR count). The van der Waals surface area contributed by atoms with Gasteiger partial charge in [-0.3, -0.25) is 0 Å². The standard InChI is InChI=1S/C12H12N3.HI/c1-14-11-8-7-9-5-3-4-6-10(9)12(11)15(2)13-14;/h3-8H,1-2H3;1H/q+1;/p-1. The van der Waals surface area contributed by atoms with Crippen LogP contribution < -0.4 is 28.7 Å². The van der Waals surface area contributed by atoms with Crippen molar-refractivity contribution in [2.45, 2.75) is 0 Å². The van der Waals surface area contributed by atoms with Gasteiger partial charge in [-0.05, 0) is 23.6 Å². The van der Waals surface area contributed by atoms with Gasteiger partial charge in [-0.15, -0.1) is 9.36 Å². The smallest absolute Gasteiger partial charge is 0.205 e. The number of rotatable bonds is 0. The Labute approximate surface area is 111 Å². The Morgan fingerprint density at radius 1 is 1.12 bits per heavy atom. The molecule has 0 amide bonds. The van der Waals surface area contributed by atoms with Gasteiger partial charge in [0, 0.05) is 5.39 Å². The van der Waals surface area contributed by atoms with Crippen LogP contribution in [0.1, 0.15) is 0 Å². The highest BCUT2D eigenvalue weighted by atomic mass is 127. The summed E-state index contributed by atoms with van der Waals surface area (Å²) in [6, 6.07) is 12.6. The van der Waals surface area contributed by atoms with Crippen LogP contribution in [0.4, 0.5) is 0 Å². The van der Waals surface area contributed by atoms with Crippen molar-refractivity contribution >= 4 is 21.8 Å². The number of aromatic nitrogens is 3. The summed E-state index contributed by atoms with van der Waals surface area (Å²) < 4.78 is 3.83. The predicted octanol–water partition coefficient (Wildman–Crippen LogP) is -1.44. The maximum atomic E-state index is 4.37. The van der Waals surface area contributed by atoms with Gasteiger partial charge in [0.05, 0.1) is 5.21 Å². The predicted molar refractivity (Wildman–Crippen MR) is 59.4 cm³/mol. The van der Waals surface area contributed by atoms with Crippen molar-refractivity contribution in [3.63, 3.8) is 0 Å². The second-order valence-corrected chi connectivity index (χ2v) is 3.79. The van der Waals surface area contributed by atoms with Crippen molar-refractivity contribution in [1.29, 1.82) is 0 Å². The van der Waals surface area contributed by atoms with E-state index in [0.29, 0.717) is 0 Å². The molecule has 0 aliphatic rings. The first-order chi connectivity index (χ1) is 7.27. The summed E-state index contributed by atoms with van der Waals surface area (Å²) in [5, 5.41) is 6.89. The SMILES string of the molecule is Cn1n[n+](C)c2c3ccccc3ccc21.[I-]. The van der Waals surface area contributed by atoms with Gasteiger partial charge in [0.2, 0.25) is 5.52 Å². The topological polar surface area (TPSA) is 21.7 Å². The minimum atomic E-state index is 0. The van der Waals surface area contributed by atoms with E-state index in [-0.39, 0.29) is 24.0 Å². The third-order valence-corrected chi connectivity index (χ3v) is 2.82. The first-order valence-electron chi connectivity index (χ1n) is 4.98. The molecular formula is C12H12IN3. The molecule has 0 aliphatic carbocycles. The highest BCUT2D eigenvalue weighted by Crippen LogP contribution is 2.21. The van der Waals surface area contributed by atoms with E-state index in [1.807, 2.05) is 23.5 Å². The summed E-state index contributed by atoms with van der Waals surface area (Å²) in [7, 11) is 3.95. The highest BCUT2D eigenvalue weighted by Gasteiger charge is 2.14. The molecule has 0 saturated carbocycles. The molecule has 3 aromatic rings. The lowest BCUT2D eigenvalue weighted by molar-refractivity contribution is -0.708. The summed E-state index contributed by atoms with van der Waals surface area (Å²) in [5.41, 5.74) is 2.35. The second kappa shape index (κ2) is 4.01. The number of hydrogen-bond acceptors (Lipinski definition) is 1. The molecule has 0 atom stereocenters. The van der Waals surface area contributed by atoms with Gasteiger partial charge in [-0.2, -0.15) is 0 Å². The van der Waals surface area contributed by atoms with E-state index < -0.39 is 0 Å². The molecular weight excluding hydrogens is 313 g/mol. The van der Waals surface area contributed by atoms with Gasteiger partial charge in [0.1, 0.15) is 14.1 Å². The molecule has 16 heavy (non-hydrogen) atoms. The van der Waals surface area contributed by atoms with Crippen LogP contribution in [0.15, 0.2) is 36.4 Å². The van der Waals surface area contributed by atoms with Crippen molar-refractivity contribution in [3.05, 3.63) is 36.4 Å². The molecule has 82 valence electrons. The summed E-state index contributed by atoms with van der Waals surface area (Å²) in [5.74, 6) is 0. The summed E-state index contributed by atoms with van der Waals surface area (Å²) in [6.45, 7) is 0. The first-order valence-corrected chi connectivity index (χ1v) is 4.98. The lowest BCUT2D eigenvalue weighted by Gasteiger charge is -1.95.